The first-order valence-electron chi connectivity index (χ1n) is 6.14. The second-order valence-electron chi connectivity index (χ2n) is 6.47. The molecule has 0 aliphatic carbocycles. The Balaban J connectivity index is 2.72. The van der Waals surface area contributed by atoms with Gasteiger partial charge in [-0.25, -0.2) is 4.79 Å². The fraction of sp³-hybridized carbons (Fsp3) is 0.917. The summed E-state index contributed by atoms with van der Waals surface area (Å²) < 4.78 is 5.24. The van der Waals surface area contributed by atoms with Crippen LogP contribution >= 0.6 is 0 Å². The van der Waals surface area contributed by atoms with Crippen LogP contribution in [0.25, 0.3) is 0 Å². The lowest BCUT2D eigenvalue weighted by Gasteiger charge is -2.38. The van der Waals surface area contributed by atoms with Gasteiger partial charge in [-0.1, -0.05) is 13.8 Å². The molecule has 0 saturated carbocycles. The quantitative estimate of drug-likeness (QED) is 0.534. The molecule has 0 aromatic heterocycles. The van der Waals surface area contributed by atoms with Gasteiger partial charge in [0.15, 0.2) is 0 Å². The van der Waals surface area contributed by atoms with Crippen molar-refractivity contribution in [3.63, 3.8) is 0 Å². The summed E-state index contributed by atoms with van der Waals surface area (Å²) in [6.07, 6.45) is 0.141. The first kappa shape index (κ1) is 14.7. The minimum atomic E-state index is -0.737. The van der Waals surface area contributed by atoms with Crippen molar-refractivity contribution in [2.75, 3.05) is 13.1 Å². The molecule has 0 spiro atoms. The first-order chi connectivity index (χ1) is 8.03. The summed E-state index contributed by atoms with van der Waals surface area (Å²) >= 11 is 0. The van der Waals surface area contributed by atoms with Crippen molar-refractivity contribution in [1.82, 2.24) is 4.90 Å². The SMILES string of the molecule is CC(C)(C)OC(=O)N1CCC(C)(C)C([N+](=O)[O-])C1. The summed E-state index contributed by atoms with van der Waals surface area (Å²) in [6.45, 7) is 9.71. The fourth-order valence-corrected chi connectivity index (χ4v) is 1.98. The zero-order chi connectivity index (χ0) is 14.1. The molecule has 1 unspecified atom stereocenters. The maximum Gasteiger partial charge on any atom is 0.410 e. The van der Waals surface area contributed by atoms with Crippen LogP contribution in [-0.4, -0.2) is 40.6 Å². The largest absolute Gasteiger partial charge is 0.444 e. The topological polar surface area (TPSA) is 72.7 Å². The lowest BCUT2D eigenvalue weighted by atomic mass is 9.78. The Hall–Kier alpha value is -1.33. The van der Waals surface area contributed by atoms with Crippen molar-refractivity contribution in [2.45, 2.75) is 52.7 Å². The number of likely N-dealkylation sites (tertiary alicyclic amines) is 1. The minimum Gasteiger partial charge on any atom is -0.444 e. The van der Waals surface area contributed by atoms with Crippen molar-refractivity contribution in [3.8, 4) is 0 Å². The Labute approximate surface area is 107 Å². The summed E-state index contributed by atoms with van der Waals surface area (Å²) in [6, 6.07) is -0.737. The van der Waals surface area contributed by atoms with Gasteiger partial charge in [0.05, 0.1) is 6.54 Å². The number of piperidine rings is 1. The zero-order valence-electron chi connectivity index (χ0n) is 11.7. The summed E-state index contributed by atoms with van der Waals surface area (Å²) in [4.78, 5) is 24.1. The molecular formula is C12H22N2O4. The number of nitro groups is 1. The molecular weight excluding hydrogens is 236 g/mol. The Morgan fingerprint density at radius 1 is 1.44 bits per heavy atom. The third-order valence-electron chi connectivity index (χ3n) is 3.23. The van der Waals surface area contributed by atoms with Gasteiger partial charge in [-0.05, 0) is 27.2 Å². The highest BCUT2D eigenvalue weighted by Gasteiger charge is 2.45. The smallest absolute Gasteiger partial charge is 0.410 e. The van der Waals surface area contributed by atoms with Crippen molar-refractivity contribution in [2.24, 2.45) is 5.41 Å². The first-order valence-corrected chi connectivity index (χ1v) is 6.14. The number of amides is 1. The highest BCUT2D eigenvalue weighted by atomic mass is 16.6. The van der Waals surface area contributed by atoms with E-state index in [-0.39, 0.29) is 16.9 Å². The standard InChI is InChI=1S/C12H22N2O4/c1-11(2,3)18-10(15)13-7-6-12(4,5)9(8-13)14(16)17/h9H,6-8H2,1-5H3. The average Bonchev–Trinajstić information content (AvgIpc) is 2.13. The summed E-state index contributed by atoms with van der Waals surface area (Å²) in [5.41, 5.74) is -0.962. The Morgan fingerprint density at radius 3 is 2.44 bits per heavy atom. The molecule has 0 radical (unpaired) electrons. The molecule has 1 atom stereocenters. The van der Waals surface area contributed by atoms with Crippen LogP contribution in [0.2, 0.25) is 0 Å². The van der Waals surface area contributed by atoms with Crippen molar-refractivity contribution in [3.05, 3.63) is 10.1 Å². The van der Waals surface area contributed by atoms with Gasteiger partial charge in [0.25, 0.3) is 0 Å². The number of nitrogens with zero attached hydrogens (tertiary/aromatic N) is 2. The van der Waals surface area contributed by atoms with E-state index in [1.807, 2.05) is 13.8 Å². The van der Waals surface area contributed by atoms with Crippen LogP contribution in [0, 0.1) is 15.5 Å². The maximum absolute atomic E-state index is 11.9. The van der Waals surface area contributed by atoms with Crippen molar-refractivity contribution >= 4 is 6.09 Å². The van der Waals surface area contributed by atoms with Crippen LogP contribution in [0.1, 0.15) is 41.0 Å². The highest BCUT2D eigenvalue weighted by Crippen LogP contribution is 2.32. The molecule has 0 aromatic rings. The van der Waals surface area contributed by atoms with Crippen LogP contribution < -0.4 is 0 Å². The van der Waals surface area contributed by atoms with Gasteiger partial charge in [-0.2, -0.15) is 0 Å². The van der Waals surface area contributed by atoms with E-state index in [1.54, 1.807) is 20.8 Å². The zero-order valence-corrected chi connectivity index (χ0v) is 11.7. The molecule has 1 aliphatic heterocycles. The lowest BCUT2D eigenvalue weighted by Crippen LogP contribution is -2.54. The van der Waals surface area contributed by atoms with Crippen LogP contribution in [0.3, 0.4) is 0 Å². The van der Waals surface area contributed by atoms with Crippen LogP contribution in [0.5, 0.6) is 0 Å². The highest BCUT2D eigenvalue weighted by molar-refractivity contribution is 5.68. The predicted molar refractivity (Wildman–Crippen MR) is 67.0 cm³/mol. The van der Waals surface area contributed by atoms with Gasteiger partial charge in [-0.3, -0.25) is 10.1 Å². The van der Waals surface area contributed by atoms with E-state index in [2.05, 4.69) is 0 Å². The number of carbonyl (C=O) groups excluding carboxylic acids is 1. The molecule has 1 heterocycles. The Morgan fingerprint density at radius 2 is 2.00 bits per heavy atom. The van der Waals surface area contributed by atoms with Crippen molar-refractivity contribution in [1.29, 1.82) is 0 Å². The van der Waals surface area contributed by atoms with E-state index < -0.39 is 17.7 Å². The molecule has 1 rings (SSSR count). The summed E-state index contributed by atoms with van der Waals surface area (Å²) in [5, 5.41) is 11.1. The fourth-order valence-electron chi connectivity index (χ4n) is 1.98. The predicted octanol–water partition coefficient (Wildman–Crippen LogP) is 2.30. The number of hydrogen-bond acceptors (Lipinski definition) is 4. The number of carbonyl (C=O) groups is 1. The van der Waals surface area contributed by atoms with Crippen LogP contribution in [0.4, 0.5) is 4.79 Å². The third kappa shape index (κ3) is 3.58. The normalized spacial score (nSPS) is 23.6. The van der Waals surface area contributed by atoms with Gasteiger partial charge < -0.3 is 9.64 Å². The molecule has 0 N–H and O–H groups in total. The molecule has 1 saturated heterocycles. The number of ether oxygens (including phenoxy) is 1. The number of rotatable bonds is 1. The van der Waals surface area contributed by atoms with E-state index in [1.165, 1.54) is 4.90 Å². The number of hydrogen-bond donors (Lipinski definition) is 0. The molecule has 1 fully saturated rings. The molecule has 0 aromatic carbocycles. The maximum atomic E-state index is 11.9. The van der Waals surface area contributed by atoms with Crippen molar-refractivity contribution < 1.29 is 14.5 Å². The van der Waals surface area contributed by atoms with Gasteiger partial charge in [0.2, 0.25) is 6.04 Å². The molecule has 0 bridgehead atoms. The molecule has 6 heteroatoms. The Bertz CT molecular complexity index is 346. The third-order valence-corrected chi connectivity index (χ3v) is 3.23. The van der Waals surface area contributed by atoms with E-state index in [0.29, 0.717) is 13.0 Å². The van der Waals surface area contributed by atoms with Crippen LogP contribution in [0.15, 0.2) is 0 Å². The van der Waals surface area contributed by atoms with Gasteiger partial charge >= 0.3 is 6.09 Å². The average molecular weight is 258 g/mol. The summed E-state index contributed by atoms with van der Waals surface area (Å²) in [5.74, 6) is 0. The second kappa shape index (κ2) is 4.74. The van der Waals surface area contributed by atoms with E-state index in [0.717, 1.165) is 0 Å². The second-order valence-corrected chi connectivity index (χ2v) is 6.47. The van der Waals surface area contributed by atoms with Gasteiger partial charge in [0.1, 0.15) is 5.60 Å². The van der Waals surface area contributed by atoms with Crippen LogP contribution in [-0.2, 0) is 4.74 Å². The van der Waals surface area contributed by atoms with Gasteiger partial charge in [0, 0.05) is 16.9 Å². The minimum absolute atomic E-state index is 0.120. The molecule has 18 heavy (non-hydrogen) atoms. The lowest BCUT2D eigenvalue weighted by molar-refractivity contribution is -0.544. The monoisotopic (exact) mass is 258 g/mol. The van der Waals surface area contributed by atoms with E-state index in [9.17, 15) is 14.9 Å². The van der Waals surface area contributed by atoms with E-state index >= 15 is 0 Å². The molecule has 1 amide bonds. The Kier molecular flexibility index (Phi) is 3.88. The molecule has 1 aliphatic rings. The van der Waals surface area contributed by atoms with E-state index in [4.69, 9.17) is 4.74 Å². The summed E-state index contributed by atoms with van der Waals surface area (Å²) in [7, 11) is 0. The molecule has 6 nitrogen and oxygen atoms in total. The molecule has 104 valence electrons. The van der Waals surface area contributed by atoms with Gasteiger partial charge in [-0.15, -0.1) is 0 Å².